The Morgan fingerprint density at radius 1 is 1.11 bits per heavy atom. The highest BCUT2D eigenvalue weighted by Gasteiger charge is 2.19. The summed E-state index contributed by atoms with van der Waals surface area (Å²) in [5.74, 6) is 0.0709. The van der Waals surface area contributed by atoms with Crippen molar-refractivity contribution in [3.63, 3.8) is 0 Å². The molecule has 0 atom stereocenters. The first-order chi connectivity index (χ1) is 13.4. The third kappa shape index (κ3) is 5.07. The number of amides is 3. The molecule has 0 bridgehead atoms. The van der Waals surface area contributed by atoms with Crippen molar-refractivity contribution in [2.45, 2.75) is 0 Å². The lowest BCUT2D eigenvalue weighted by Gasteiger charge is -2.32. The largest absolute Gasteiger partial charge is 0.465 e. The number of aromatic nitrogens is 1. The van der Waals surface area contributed by atoms with E-state index in [-0.39, 0.29) is 17.5 Å². The Labute approximate surface area is 160 Å². The summed E-state index contributed by atoms with van der Waals surface area (Å²) in [5, 5.41) is 13.3. The van der Waals surface area contributed by atoms with Crippen molar-refractivity contribution in [1.29, 1.82) is 0 Å². The molecule has 3 amide bonds. The number of rotatable bonds is 4. The topological polar surface area (TPSA) is 107 Å². The standard InChI is InChI=1S/C18H20FN5O4/c1-23-6-8-24(9-7-23)17(25)22-16-11-13(4-5-20-16)28-12-2-3-15(14(19)10-12)21-18(26)27/h2-5,10-11,21H,6-9H2,1H3,(H,26,27)(H,20,22,25). The minimum absolute atomic E-state index is 0.172. The summed E-state index contributed by atoms with van der Waals surface area (Å²) in [6.07, 6.45) is 0.105. The lowest BCUT2D eigenvalue weighted by atomic mass is 10.3. The third-order valence-corrected chi connectivity index (χ3v) is 4.17. The fourth-order valence-electron chi connectivity index (χ4n) is 2.65. The maximum Gasteiger partial charge on any atom is 0.409 e. The number of piperazine rings is 1. The van der Waals surface area contributed by atoms with Gasteiger partial charge in [0.2, 0.25) is 0 Å². The maximum atomic E-state index is 13.9. The van der Waals surface area contributed by atoms with Gasteiger partial charge in [-0.1, -0.05) is 0 Å². The van der Waals surface area contributed by atoms with Crippen LogP contribution in [0.1, 0.15) is 0 Å². The van der Waals surface area contributed by atoms with Crippen molar-refractivity contribution in [2.75, 3.05) is 43.9 Å². The number of anilines is 2. The van der Waals surface area contributed by atoms with Crippen LogP contribution in [0.25, 0.3) is 0 Å². The Hall–Kier alpha value is -3.40. The average molecular weight is 389 g/mol. The highest BCUT2D eigenvalue weighted by Crippen LogP contribution is 2.26. The molecule has 0 saturated carbocycles. The van der Waals surface area contributed by atoms with E-state index in [9.17, 15) is 14.0 Å². The van der Waals surface area contributed by atoms with Crippen LogP contribution >= 0.6 is 0 Å². The summed E-state index contributed by atoms with van der Waals surface area (Å²) in [4.78, 5) is 30.9. The summed E-state index contributed by atoms with van der Waals surface area (Å²) in [5.41, 5.74) is -0.172. The van der Waals surface area contributed by atoms with Crippen LogP contribution in [0, 0.1) is 5.82 Å². The van der Waals surface area contributed by atoms with E-state index in [1.165, 1.54) is 24.4 Å². The summed E-state index contributed by atoms with van der Waals surface area (Å²) < 4.78 is 19.5. The molecule has 1 aromatic heterocycles. The molecule has 10 heteroatoms. The number of pyridine rings is 1. The predicted octanol–water partition coefficient (Wildman–Crippen LogP) is 2.88. The maximum absolute atomic E-state index is 13.9. The molecule has 0 aliphatic carbocycles. The minimum atomic E-state index is -1.36. The second kappa shape index (κ2) is 8.53. The van der Waals surface area contributed by atoms with E-state index in [0.29, 0.717) is 24.7 Å². The molecule has 1 aliphatic heterocycles. The average Bonchev–Trinajstić information content (AvgIpc) is 2.64. The number of hydrogen-bond acceptors (Lipinski definition) is 5. The van der Waals surface area contributed by atoms with Crippen molar-refractivity contribution in [1.82, 2.24) is 14.8 Å². The number of carbonyl (C=O) groups excluding carboxylic acids is 1. The van der Waals surface area contributed by atoms with E-state index in [2.05, 4.69) is 15.2 Å². The molecule has 2 aromatic rings. The van der Waals surface area contributed by atoms with Crippen molar-refractivity contribution < 1.29 is 23.8 Å². The smallest absolute Gasteiger partial charge is 0.409 e. The van der Waals surface area contributed by atoms with Gasteiger partial charge in [0.05, 0.1) is 5.69 Å². The number of likely N-dealkylation sites (N-methyl/N-ethyl adjacent to an activating group) is 1. The van der Waals surface area contributed by atoms with Gasteiger partial charge < -0.3 is 19.6 Å². The first-order valence-electron chi connectivity index (χ1n) is 8.58. The Morgan fingerprint density at radius 2 is 1.82 bits per heavy atom. The zero-order valence-corrected chi connectivity index (χ0v) is 15.2. The number of benzene rings is 1. The van der Waals surface area contributed by atoms with Crippen molar-refractivity contribution in [3.05, 3.63) is 42.3 Å². The fourth-order valence-corrected chi connectivity index (χ4v) is 2.65. The molecule has 3 N–H and O–H groups in total. The van der Waals surface area contributed by atoms with E-state index >= 15 is 0 Å². The van der Waals surface area contributed by atoms with Crippen LogP contribution in [0.3, 0.4) is 0 Å². The third-order valence-electron chi connectivity index (χ3n) is 4.17. The van der Waals surface area contributed by atoms with Gasteiger partial charge in [-0.15, -0.1) is 0 Å². The molecule has 0 unspecified atom stereocenters. The Bertz CT molecular complexity index is 871. The zero-order chi connectivity index (χ0) is 20.1. The SMILES string of the molecule is CN1CCN(C(=O)Nc2cc(Oc3ccc(NC(=O)O)c(F)c3)ccn2)CC1. The van der Waals surface area contributed by atoms with Gasteiger partial charge >= 0.3 is 12.1 Å². The lowest BCUT2D eigenvalue weighted by Crippen LogP contribution is -2.48. The molecule has 9 nitrogen and oxygen atoms in total. The molecular weight excluding hydrogens is 369 g/mol. The van der Waals surface area contributed by atoms with E-state index in [4.69, 9.17) is 9.84 Å². The van der Waals surface area contributed by atoms with Crippen LogP contribution in [0.2, 0.25) is 0 Å². The van der Waals surface area contributed by atoms with Crippen molar-refractivity contribution >= 4 is 23.6 Å². The zero-order valence-electron chi connectivity index (χ0n) is 15.2. The second-order valence-corrected chi connectivity index (χ2v) is 6.27. The number of carbonyl (C=O) groups is 2. The Morgan fingerprint density at radius 3 is 2.50 bits per heavy atom. The predicted molar refractivity (Wildman–Crippen MR) is 100 cm³/mol. The Balaban J connectivity index is 1.64. The molecule has 0 spiro atoms. The number of nitrogens with one attached hydrogen (secondary N) is 2. The van der Waals surface area contributed by atoms with Gasteiger partial charge in [0, 0.05) is 44.5 Å². The van der Waals surface area contributed by atoms with E-state index < -0.39 is 11.9 Å². The van der Waals surface area contributed by atoms with Gasteiger partial charge in [-0.05, 0) is 25.2 Å². The van der Waals surface area contributed by atoms with E-state index in [0.717, 1.165) is 19.2 Å². The normalized spacial score (nSPS) is 14.4. The molecule has 1 aliphatic rings. The lowest BCUT2D eigenvalue weighted by molar-refractivity contribution is 0.164. The first-order valence-corrected chi connectivity index (χ1v) is 8.58. The number of hydrogen-bond donors (Lipinski definition) is 3. The summed E-state index contributed by atoms with van der Waals surface area (Å²) in [6, 6.07) is 6.59. The molecule has 148 valence electrons. The summed E-state index contributed by atoms with van der Waals surface area (Å²) >= 11 is 0. The number of carboxylic acid groups (broad SMARTS) is 1. The van der Waals surface area contributed by atoms with Crippen LogP contribution in [0.5, 0.6) is 11.5 Å². The Kier molecular flexibility index (Phi) is 5.90. The number of ether oxygens (including phenoxy) is 1. The van der Waals surface area contributed by atoms with Gasteiger partial charge in [0.15, 0.2) is 5.82 Å². The number of urea groups is 1. The van der Waals surface area contributed by atoms with E-state index in [1.54, 1.807) is 11.0 Å². The second-order valence-electron chi connectivity index (χ2n) is 6.27. The van der Waals surface area contributed by atoms with Crippen LogP contribution in [0.4, 0.5) is 25.5 Å². The molecule has 28 heavy (non-hydrogen) atoms. The molecule has 2 heterocycles. The van der Waals surface area contributed by atoms with Crippen LogP contribution < -0.4 is 15.4 Å². The van der Waals surface area contributed by atoms with Gasteiger partial charge in [-0.3, -0.25) is 10.6 Å². The highest BCUT2D eigenvalue weighted by atomic mass is 19.1. The van der Waals surface area contributed by atoms with Crippen LogP contribution in [0.15, 0.2) is 36.5 Å². The van der Waals surface area contributed by atoms with Crippen molar-refractivity contribution in [2.24, 2.45) is 0 Å². The van der Waals surface area contributed by atoms with Crippen LogP contribution in [-0.2, 0) is 0 Å². The fraction of sp³-hybridized carbons (Fsp3) is 0.278. The minimum Gasteiger partial charge on any atom is -0.465 e. The highest BCUT2D eigenvalue weighted by molar-refractivity contribution is 5.88. The molecule has 3 rings (SSSR count). The van der Waals surface area contributed by atoms with Crippen molar-refractivity contribution in [3.8, 4) is 11.5 Å². The quantitative estimate of drug-likeness (QED) is 0.742. The molecule has 1 fully saturated rings. The van der Waals surface area contributed by atoms with Gasteiger partial charge in [0.1, 0.15) is 17.3 Å². The first kappa shape index (κ1) is 19.4. The molecular formula is C18H20FN5O4. The van der Waals surface area contributed by atoms with E-state index in [1.807, 2.05) is 12.4 Å². The number of halogens is 1. The number of nitrogens with zero attached hydrogens (tertiary/aromatic N) is 3. The molecule has 0 radical (unpaired) electrons. The summed E-state index contributed by atoms with van der Waals surface area (Å²) in [6.45, 7) is 2.88. The molecule has 1 saturated heterocycles. The van der Waals surface area contributed by atoms with Gasteiger partial charge in [-0.25, -0.2) is 19.0 Å². The van der Waals surface area contributed by atoms with Crippen LogP contribution in [-0.4, -0.2) is 65.2 Å². The monoisotopic (exact) mass is 389 g/mol. The van der Waals surface area contributed by atoms with Gasteiger partial charge in [0.25, 0.3) is 0 Å². The summed E-state index contributed by atoms with van der Waals surface area (Å²) in [7, 11) is 2.00. The van der Waals surface area contributed by atoms with Gasteiger partial charge in [-0.2, -0.15) is 0 Å². The molecule has 1 aromatic carbocycles.